The molecule has 0 amide bonds. The van der Waals surface area contributed by atoms with Crippen LogP contribution in [0.2, 0.25) is 0 Å². The zero-order chi connectivity index (χ0) is 96.3. The molecule has 6 aliphatic rings. The van der Waals surface area contributed by atoms with E-state index in [1.54, 1.807) is 0 Å². The Morgan fingerprint density at radius 1 is 0.183 bits per heavy atom. The summed E-state index contributed by atoms with van der Waals surface area (Å²) in [6.07, 6.45) is -64.4. The molecular weight excluding hydrogens is 1850 g/mol. The molecule has 0 saturated heterocycles. The topological polar surface area (TPSA) is 274 Å². The number of hydrogen-bond donors (Lipinski definition) is 6. The molecule has 6 saturated carbocycles. The van der Waals surface area contributed by atoms with Crippen LogP contribution in [0.1, 0.15) is 213 Å². The van der Waals surface area contributed by atoms with E-state index < -0.39 is 247 Å². The number of ketones is 6. The second-order valence-electron chi connectivity index (χ2n) is 28.9. The standard InChI is InChI=1S/6C11H9F7N2O/c6*12-9(10(13,14)15,11(16,17)18)7-4-6(19-20-7)8(21)5-2-1-3-5/h6*4-5H,1-3H2,(H,19,20). The normalized spacial score (nSPS) is 17.7. The summed E-state index contributed by atoms with van der Waals surface area (Å²) >= 11 is 0. The van der Waals surface area contributed by atoms with Gasteiger partial charge in [-0.2, -0.15) is 189 Å². The smallest absolute Gasteiger partial charge is 0.292 e. The Balaban J connectivity index is 0.000000207. The molecule has 6 N–H and O–H groups in total. The molecule has 6 aromatic rings. The summed E-state index contributed by atoms with van der Waals surface area (Å²) < 4.78 is 532. The van der Waals surface area contributed by atoms with Gasteiger partial charge in [0, 0.05) is 35.5 Å². The first kappa shape index (κ1) is 103. The van der Waals surface area contributed by atoms with Crippen LogP contribution in [0.3, 0.4) is 0 Å². The van der Waals surface area contributed by atoms with Crippen LogP contribution in [0, 0.1) is 35.5 Å². The quantitative estimate of drug-likeness (QED) is 0.0346. The number of rotatable bonds is 18. The molecule has 0 aliphatic heterocycles. The van der Waals surface area contributed by atoms with Gasteiger partial charge >= 0.3 is 108 Å². The maximum atomic E-state index is 13.7. The van der Waals surface area contributed by atoms with Gasteiger partial charge in [-0.1, -0.05) is 38.5 Å². The summed E-state index contributed by atoms with van der Waals surface area (Å²) in [6.45, 7) is 0. The van der Waals surface area contributed by atoms with E-state index in [-0.39, 0.29) is 36.4 Å². The van der Waals surface area contributed by atoms with Gasteiger partial charge in [-0.05, 0) is 113 Å². The van der Waals surface area contributed by atoms with Crippen LogP contribution in [-0.2, 0) is 34.0 Å². The van der Waals surface area contributed by atoms with E-state index in [4.69, 9.17) is 0 Å². The van der Waals surface area contributed by atoms with Crippen molar-refractivity contribution in [1.82, 2.24) is 61.2 Å². The van der Waals surface area contributed by atoms with Gasteiger partial charge in [-0.3, -0.25) is 59.4 Å². The number of halogens is 42. The third-order valence-corrected chi connectivity index (χ3v) is 20.8. The molecule has 0 aromatic carbocycles. The van der Waals surface area contributed by atoms with Gasteiger partial charge in [0.2, 0.25) is 0 Å². The molecule has 18 nitrogen and oxygen atoms in total. The van der Waals surface area contributed by atoms with Crippen molar-refractivity contribution >= 4 is 34.7 Å². The van der Waals surface area contributed by atoms with Crippen LogP contribution < -0.4 is 0 Å². The van der Waals surface area contributed by atoms with Gasteiger partial charge in [0.05, 0.1) is 34.2 Å². The van der Waals surface area contributed by atoms with Crippen LogP contribution in [0.5, 0.6) is 0 Å². The zero-order valence-electron chi connectivity index (χ0n) is 61.7. The van der Waals surface area contributed by atoms with E-state index in [2.05, 4.69) is 30.6 Å². The largest absolute Gasteiger partial charge is 0.437 e. The van der Waals surface area contributed by atoms with E-state index in [9.17, 15) is 213 Å². The molecular formula is C66H54F42N12O6. The van der Waals surface area contributed by atoms with Crippen molar-refractivity contribution in [2.45, 2.75) is 224 Å². The lowest BCUT2D eigenvalue weighted by Gasteiger charge is -2.28. The van der Waals surface area contributed by atoms with Crippen molar-refractivity contribution < 1.29 is 213 Å². The van der Waals surface area contributed by atoms with Crippen molar-refractivity contribution in [3.05, 3.63) is 105 Å². The minimum absolute atomic E-state index is 0.182. The number of aromatic nitrogens is 12. The van der Waals surface area contributed by atoms with Crippen LogP contribution in [0.15, 0.2) is 36.4 Å². The number of carbonyl (C=O) groups excluding carboxylic acids is 6. The molecule has 126 heavy (non-hydrogen) atoms. The van der Waals surface area contributed by atoms with Crippen molar-refractivity contribution in [2.24, 2.45) is 35.5 Å². The van der Waals surface area contributed by atoms with Gasteiger partial charge in [-0.25, -0.2) is 26.3 Å². The van der Waals surface area contributed by atoms with Crippen LogP contribution in [0.25, 0.3) is 0 Å². The van der Waals surface area contributed by atoms with Crippen LogP contribution in [0.4, 0.5) is 184 Å². The zero-order valence-corrected chi connectivity index (χ0v) is 61.7. The number of nitrogens with zero attached hydrogens (tertiary/aromatic N) is 6. The summed E-state index contributed by atoms with van der Waals surface area (Å²) in [6, 6.07) is 1.09. The first-order chi connectivity index (χ1) is 56.9. The monoisotopic (exact) mass is 1910 g/mol. The Kier molecular flexibility index (Phi) is 29.1. The number of nitrogens with one attached hydrogen (secondary N) is 6. The summed E-state index contributed by atoms with van der Waals surface area (Å²) in [7, 11) is 0. The van der Waals surface area contributed by atoms with Crippen molar-refractivity contribution in [3.8, 4) is 0 Å². The molecule has 60 heteroatoms. The molecule has 6 aromatic heterocycles. The van der Waals surface area contributed by atoms with Gasteiger partial charge in [0.25, 0.3) is 0 Å². The lowest BCUT2D eigenvalue weighted by atomic mass is 9.81. The first-order valence-electron chi connectivity index (χ1n) is 35.4. The highest BCUT2D eigenvalue weighted by Crippen LogP contribution is 2.59. The van der Waals surface area contributed by atoms with Crippen molar-refractivity contribution in [2.75, 3.05) is 0 Å². The summed E-state index contributed by atoms with van der Waals surface area (Å²) in [5.74, 6) is -6.99. The van der Waals surface area contributed by atoms with Gasteiger partial charge in [0.1, 0.15) is 34.2 Å². The Labute approximate surface area is 672 Å². The fraction of sp³-hybridized carbons (Fsp3) is 0.636. The minimum atomic E-state index is -6.23. The molecule has 6 aliphatic carbocycles. The number of Topliss-reactive ketones (excluding diaryl/α,β-unsaturated/α-hetero) is 6. The van der Waals surface area contributed by atoms with Gasteiger partial charge in [0.15, 0.2) is 34.7 Å². The Morgan fingerprint density at radius 3 is 0.333 bits per heavy atom. The van der Waals surface area contributed by atoms with E-state index in [1.165, 1.54) is 30.6 Å². The predicted molar refractivity (Wildman–Crippen MR) is 331 cm³/mol. The van der Waals surface area contributed by atoms with Crippen LogP contribution in [-0.4, -0.2) is 170 Å². The average molecular weight is 1910 g/mol. The van der Waals surface area contributed by atoms with Crippen LogP contribution >= 0.6 is 0 Å². The molecule has 0 unspecified atom stereocenters. The lowest BCUT2D eigenvalue weighted by Crippen LogP contribution is -2.50. The number of aromatic amines is 6. The number of hydrogen-bond acceptors (Lipinski definition) is 12. The molecule has 0 atom stereocenters. The average Bonchev–Trinajstić information content (AvgIpc) is 1.45. The summed E-state index contributed by atoms with van der Waals surface area (Å²) in [4.78, 5) is 70.2. The summed E-state index contributed by atoms with van der Waals surface area (Å²) in [5.41, 5.74) is -48.3. The fourth-order valence-electron chi connectivity index (χ4n) is 11.8. The van der Waals surface area contributed by atoms with E-state index in [0.29, 0.717) is 77.0 Å². The molecule has 6 heterocycles. The highest BCUT2D eigenvalue weighted by molar-refractivity contribution is 5.99. The highest BCUT2D eigenvalue weighted by atomic mass is 19.5. The van der Waals surface area contributed by atoms with E-state index >= 15 is 0 Å². The fourth-order valence-corrected chi connectivity index (χ4v) is 11.8. The second-order valence-corrected chi connectivity index (χ2v) is 28.9. The Bertz CT molecular complexity index is 3930. The molecule has 708 valence electrons. The number of carbonyl (C=O) groups is 6. The molecule has 0 radical (unpaired) electrons. The van der Waals surface area contributed by atoms with Crippen molar-refractivity contribution in [3.63, 3.8) is 0 Å². The second kappa shape index (κ2) is 35.4. The maximum Gasteiger partial charge on any atom is 0.437 e. The predicted octanol–water partition coefficient (Wildman–Crippen LogP) is 22.1. The van der Waals surface area contributed by atoms with E-state index in [1.807, 2.05) is 0 Å². The highest BCUT2D eigenvalue weighted by Gasteiger charge is 2.80. The Hall–Kier alpha value is -9.66. The lowest BCUT2D eigenvalue weighted by molar-refractivity contribution is -0.350. The molecule has 0 bridgehead atoms. The minimum Gasteiger partial charge on any atom is -0.292 e. The number of H-pyrrole nitrogens is 6. The van der Waals surface area contributed by atoms with E-state index in [0.717, 1.165) is 38.5 Å². The molecule has 12 rings (SSSR count). The molecule has 6 fully saturated rings. The SMILES string of the molecule is O=C(c1cc(C(F)(C(F)(F)F)C(F)(F)F)[nH]n1)C1CCC1.O=C(c1cc(C(F)(C(F)(F)F)C(F)(F)F)[nH]n1)C1CCC1.O=C(c1cc(C(F)(C(F)(F)F)C(F)(F)F)[nH]n1)C1CCC1.O=C(c1cc(C(F)(C(F)(F)F)C(F)(F)F)[nH]n1)C1CCC1.O=C(c1cc(C(F)(C(F)(F)F)C(F)(F)F)[nH]n1)C1CCC1.O=C(c1cc(C(F)(C(F)(F)F)C(F)(F)F)[nH]n1)C1CCC1. The maximum absolute atomic E-state index is 13.7. The van der Waals surface area contributed by atoms with Crippen molar-refractivity contribution in [1.29, 1.82) is 0 Å². The number of alkyl halides is 42. The van der Waals surface area contributed by atoms with Gasteiger partial charge < -0.3 is 0 Å². The third-order valence-electron chi connectivity index (χ3n) is 20.8. The Morgan fingerprint density at radius 2 is 0.270 bits per heavy atom. The van der Waals surface area contributed by atoms with Gasteiger partial charge in [-0.15, -0.1) is 0 Å². The third kappa shape index (κ3) is 19.8. The molecule has 0 spiro atoms. The first-order valence-corrected chi connectivity index (χ1v) is 35.4. The summed E-state index contributed by atoms with van der Waals surface area (Å²) in [5, 5.41) is 26.7.